The van der Waals surface area contributed by atoms with Gasteiger partial charge >= 0.3 is 6.09 Å². The number of amides is 1. The molecule has 2 fully saturated rings. The summed E-state index contributed by atoms with van der Waals surface area (Å²) in [5, 5.41) is 6.76. The highest BCUT2D eigenvalue weighted by atomic mass is 16.5. The van der Waals surface area contributed by atoms with Crippen LogP contribution >= 0.6 is 0 Å². The van der Waals surface area contributed by atoms with E-state index in [9.17, 15) is 4.79 Å². The van der Waals surface area contributed by atoms with Crippen molar-refractivity contribution in [3.63, 3.8) is 0 Å². The van der Waals surface area contributed by atoms with E-state index < -0.39 is 0 Å². The number of hydrogen-bond donors (Lipinski definition) is 2. The number of rotatable bonds is 6. The van der Waals surface area contributed by atoms with Gasteiger partial charge in [0.1, 0.15) is 6.61 Å². The number of carbonyl (C=O) groups excluding carboxylic acids is 1. The van der Waals surface area contributed by atoms with E-state index in [1.54, 1.807) is 0 Å². The maximum absolute atomic E-state index is 11.8. The first-order chi connectivity index (χ1) is 11.7. The van der Waals surface area contributed by atoms with Crippen molar-refractivity contribution in [1.82, 2.24) is 10.6 Å². The Balaban J connectivity index is 1.30. The maximum Gasteiger partial charge on any atom is 0.407 e. The van der Waals surface area contributed by atoms with Crippen LogP contribution < -0.4 is 10.6 Å². The monoisotopic (exact) mass is 330 g/mol. The summed E-state index contributed by atoms with van der Waals surface area (Å²) in [6.45, 7) is 2.64. The predicted octanol–water partition coefficient (Wildman–Crippen LogP) is 4.00. The Morgan fingerprint density at radius 1 is 1.08 bits per heavy atom. The fourth-order valence-electron chi connectivity index (χ4n) is 3.95. The zero-order valence-electron chi connectivity index (χ0n) is 14.7. The van der Waals surface area contributed by atoms with Crippen LogP contribution in [0.15, 0.2) is 30.3 Å². The molecular formula is C20H30N2O2. The SMILES string of the molecule is CCC1CCCC(NC2CC(NC(=O)OCc3ccccc3)C2)C1. The van der Waals surface area contributed by atoms with Gasteiger partial charge in [0.05, 0.1) is 0 Å². The molecule has 2 atom stereocenters. The van der Waals surface area contributed by atoms with E-state index in [1.165, 1.54) is 32.1 Å². The average molecular weight is 330 g/mol. The first kappa shape index (κ1) is 17.3. The molecule has 0 spiro atoms. The molecule has 3 rings (SSSR count). The van der Waals surface area contributed by atoms with E-state index in [0.717, 1.165) is 24.3 Å². The summed E-state index contributed by atoms with van der Waals surface area (Å²) in [5.41, 5.74) is 1.02. The third-order valence-electron chi connectivity index (χ3n) is 5.50. The summed E-state index contributed by atoms with van der Waals surface area (Å²) in [6.07, 6.45) is 8.44. The second-order valence-electron chi connectivity index (χ2n) is 7.38. The molecule has 0 heterocycles. The highest BCUT2D eigenvalue weighted by molar-refractivity contribution is 5.67. The molecule has 0 aliphatic heterocycles. The van der Waals surface area contributed by atoms with E-state index in [2.05, 4.69) is 17.6 Å². The van der Waals surface area contributed by atoms with Crippen LogP contribution in [-0.4, -0.2) is 24.2 Å². The molecule has 24 heavy (non-hydrogen) atoms. The van der Waals surface area contributed by atoms with Gasteiger partial charge in [-0.2, -0.15) is 0 Å². The van der Waals surface area contributed by atoms with Crippen LogP contribution in [0.5, 0.6) is 0 Å². The summed E-state index contributed by atoms with van der Waals surface area (Å²) >= 11 is 0. The molecule has 0 radical (unpaired) electrons. The third kappa shape index (κ3) is 4.97. The lowest BCUT2D eigenvalue weighted by Crippen LogP contribution is -2.55. The van der Waals surface area contributed by atoms with Crippen molar-refractivity contribution in [3.8, 4) is 0 Å². The van der Waals surface area contributed by atoms with Crippen molar-refractivity contribution >= 4 is 6.09 Å². The Labute approximate surface area is 145 Å². The number of hydrogen-bond acceptors (Lipinski definition) is 3. The van der Waals surface area contributed by atoms with E-state index in [-0.39, 0.29) is 12.1 Å². The minimum atomic E-state index is -0.300. The standard InChI is InChI=1S/C20H30N2O2/c1-2-15-9-6-10-17(11-15)21-18-12-19(13-18)22-20(23)24-14-16-7-4-3-5-8-16/h3-5,7-8,15,17-19,21H,2,6,9-14H2,1H3,(H,22,23). The van der Waals surface area contributed by atoms with Gasteiger partial charge in [-0.15, -0.1) is 0 Å². The third-order valence-corrected chi connectivity index (χ3v) is 5.50. The first-order valence-electron chi connectivity index (χ1n) is 9.46. The molecule has 0 aromatic heterocycles. The van der Waals surface area contributed by atoms with Crippen LogP contribution in [0.3, 0.4) is 0 Å². The zero-order chi connectivity index (χ0) is 16.8. The number of carbonyl (C=O) groups is 1. The topological polar surface area (TPSA) is 50.4 Å². The second kappa shape index (κ2) is 8.52. The Hall–Kier alpha value is -1.55. The van der Waals surface area contributed by atoms with Crippen molar-refractivity contribution in [2.45, 2.75) is 76.6 Å². The molecule has 0 bridgehead atoms. The van der Waals surface area contributed by atoms with Gasteiger partial charge in [0.15, 0.2) is 0 Å². The van der Waals surface area contributed by atoms with E-state index in [0.29, 0.717) is 18.7 Å². The molecule has 1 amide bonds. The molecule has 2 aliphatic rings. The molecule has 0 saturated heterocycles. The van der Waals surface area contributed by atoms with Crippen LogP contribution in [-0.2, 0) is 11.3 Å². The van der Waals surface area contributed by atoms with Gasteiger partial charge < -0.3 is 15.4 Å². The summed E-state index contributed by atoms with van der Waals surface area (Å²) in [6, 6.07) is 11.3. The molecule has 2 aliphatic carbocycles. The number of benzene rings is 1. The van der Waals surface area contributed by atoms with Gasteiger partial charge in [-0.1, -0.05) is 56.5 Å². The molecule has 1 aromatic carbocycles. The van der Waals surface area contributed by atoms with Crippen LogP contribution in [0.2, 0.25) is 0 Å². The Kier molecular flexibility index (Phi) is 6.13. The molecular weight excluding hydrogens is 300 g/mol. The number of nitrogens with one attached hydrogen (secondary N) is 2. The fourth-order valence-corrected chi connectivity index (χ4v) is 3.95. The minimum absolute atomic E-state index is 0.260. The Morgan fingerprint density at radius 3 is 2.62 bits per heavy atom. The van der Waals surface area contributed by atoms with Gasteiger partial charge in [0.2, 0.25) is 0 Å². The maximum atomic E-state index is 11.8. The summed E-state index contributed by atoms with van der Waals surface area (Å²) in [4.78, 5) is 11.8. The number of ether oxygens (including phenoxy) is 1. The van der Waals surface area contributed by atoms with Gasteiger partial charge in [-0.05, 0) is 37.2 Å². The molecule has 4 nitrogen and oxygen atoms in total. The summed E-state index contributed by atoms with van der Waals surface area (Å²) in [7, 11) is 0. The van der Waals surface area contributed by atoms with Gasteiger partial charge in [0, 0.05) is 18.1 Å². The van der Waals surface area contributed by atoms with Crippen LogP contribution in [0.4, 0.5) is 4.79 Å². The van der Waals surface area contributed by atoms with Crippen LogP contribution in [0.25, 0.3) is 0 Å². The largest absolute Gasteiger partial charge is 0.445 e. The Morgan fingerprint density at radius 2 is 1.88 bits per heavy atom. The zero-order valence-corrected chi connectivity index (χ0v) is 14.7. The van der Waals surface area contributed by atoms with E-state index in [4.69, 9.17) is 4.74 Å². The highest BCUT2D eigenvalue weighted by Crippen LogP contribution is 2.29. The molecule has 1 aromatic rings. The predicted molar refractivity (Wildman–Crippen MR) is 95.7 cm³/mol. The van der Waals surface area contributed by atoms with E-state index in [1.807, 2.05) is 30.3 Å². The van der Waals surface area contributed by atoms with Crippen LogP contribution in [0, 0.1) is 5.92 Å². The smallest absolute Gasteiger partial charge is 0.407 e. The average Bonchev–Trinajstić information content (AvgIpc) is 2.59. The number of alkyl carbamates (subject to hydrolysis) is 1. The molecule has 132 valence electrons. The highest BCUT2D eigenvalue weighted by Gasteiger charge is 2.33. The van der Waals surface area contributed by atoms with Gasteiger partial charge in [-0.25, -0.2) is 4.79 Å². The molecule has 2 unspecified atom stereocenters. The fraction of sp³-hybridized carbons (Fsp3) is 0.650. The van der Waals surface area contributed by atoms with Gasteiger partial charge in [-0.3, -0.25) is 0 Å². The summed E-state index contributed by atoms with van der Waals surface area (Å²) in [5.74, 6) is 0.901. The van der Waals surface area contributed by atoms with Crippen molar-refractivity contribution in [3.05, 3.63) is 35.9 Å². The minimum Gasteiger partial charge on any atom is -0.445 e. The van der Waals surface area contributed by atoms with E-state index >= 15 is 0 Å². The van der Waals surface area contributed by atoms with Crippen LogP contribution in [0.1, 0.15) is 57.4 Å². The second-order valence-corrected chi connectivity index (χ2v) is 7.38. The van der Waals surface area contributed by atoms with Crippen molar-refractivity contribution in [2.24, 2.45) is 5.92 Å². The molecule has 2 saturated carbocycles. The van der Waals surface area contributed by atoms with Crippen molar-refractivity contribution < 1.29 is 9.53 Å². The Bertz CT molecular complexity index is 514. The molecule has 4 heteroatoms. The summed E-state index contributed by atoms with van der Waals surface area (Å²) < 4.78 is 5.28. The first-order valence-corrected chi connectivity index (χ1v) is 9.46. The lowest BCUT2D eigenvalue weighted by Gasteiger charge is -2.40. The lowest BCUT2D eigenvalue weighted by molar-refractivity contribution is 0.122. The lowest BCUT2D eigenvalue weighted by atomic mass is 9.81. The van der Waals surface area contributed by atoms with Gasteiger partial charge in [0.25, 0.3) is 0 Å². The molecule has 2 N–H and O–H groups in total. The van der Waals surface area contributed by atoms with Crippen molar-refractivity contribution in [1.29, 1.82) is 0 Å². The normalized spacial score (nSPS) is 29.5. The van der Waals surface area contributed by atoms with Crippen molar-refractivity contribution in [2.75, 3.05) is 0 Å². The quantitative estimate of drug-likeness (QED) is 0.829.